The maximum atomic E-state index is 5.50. The van der Waals surface area contributed by atoms with E-state index in [0.717, 1.165) is 40.6 Å². The first-order valence-electron chi connectivity index (χ1n) is 10.3. The average Bonchev–Trinajstić information content (AvgIpc) is 3.29. The molecule has 0 amide bonds. The minimum atomic E-state index is 0.249. The van der Waals surface area contributed by atoms with Crippen LogP contribution >= 0.6 is 31.9 Å². The molecular formula is C25H23BBr2N2O. The Morgan fingerprint density at radius 3 is 2.61 bits per heavy atom. The summed E-state index contributed by atoms with van der Waals surface area (Å²) in [6.45, 7) is 0. The van der Waals surface area contributed by atoms with E-state index in [1.54, 1.807) is 7.11 Å². The predicted molar refractivity (Wildman–Crippen MR) is 137 cm³/mol. The van der Waals surface area contributed by atoms with E-state index in [0.29, 0.717) is 0 Å². The van der Waals surface area contributed by atoms with Crippen LogP contribution in [0.25, 0.3) is 5.69 Å². The van der Waals surface area contributed by atoms with Gasteiger partial charge in [0.05, 0.1) is 12.8 Å². The highest BCUT2D eigenvalue weighted by molar-refractivity contribution is 9.10. The Morgan fingerprint density at radius 2 is 1.84 bits per heavy atom. The number of benzene rings is 3. The van der Waals surface area contributed by atoms with Crippen molar-refractivity contribution in [1.82, 2.24) is 9.55 Å². The van der Waals surface area contributed by atoms with Gasteiger partial charge in [-0.05, 0) is 53.1 Å². The van der Waals surface area contributed by atoms with Crippen molar-refractivity contribution < 1.29 is 4.74 Å². The third-order valence-electron chi connectivity index (χ3n) is 5.55. The number of aromatic nitrogens is 2. The minimum Gasteiger partial charge on any atom is -0.497 e. The van der Waals surface area contributed by atoms with Gasteiger partial charge in [0.2, 0.25) is 7.28 Å². The van der Waals surface area contributed by atoms with E-state index in [1.165, 1.54) is 16.7 Å². The zero-order valence-corrected chi connectivity index (χ0v) is 20.5. The Balaban J connectivity index is 1.66. The lowest BCUT2D eigenvalue weighted by Crippen LogP contribution is -2.27. The van der Waals surface area contributed by atoms with Crippen molar-refractivity contribution in [2.75, 3.05) is 7.11 Å². The topological polar surface area (TPSA) is 27.1 Å². The fourth-order valence-electron chi connectivity index (χ4n) is 3.99. The summed E-state index contributed by atoms with van der Waals surface area (Å²) in [4.78, 5) is 4.67. The van der Waals surface area contributed by atoms with Gasteiger partial charge in [-0.15, -0.1) is 0 Å². The van der Waals surface area contributed by atoms with Gasteiger partial charge in [0, 0.05) is 33.8 Å². The van der Waals surface area contributed by atoms with Gasteiger partial charge < -0.3 is 9.30 Å². The van der Waals surface area contributed by atoms with Gasteiger partial charge in [-0.1, -0.05) is 74.6 Å². The molecule has 6 heteroatoms. The van der Waals surface area contributed by atoms with Crippen molar-refractivity contribution in [2.24, 2.45) is 0 Å². The Labute approximate surface area is 201 Å². The van der Waals surface area contributed by atoms with E-state index >= 15 is 0 Å². The van der Waals surface area contributed by atoms with E-state index in [2.05, 4.69) is 108 Å². The van der Waals surface area contributed by atoms with Crippen LogP contribution in [0, 0.1) is 0 Å². The summed E-state index contributed by atoms with van der Waals surface area (Å²) in [6, 6.07) is 25.4. The van der Waals surface area contributed by atoms with Crippen molar-refractivity contribution in [3.8, 4) is 11.4 Å². The van der Waals surface area contributed by atoms with Gasteiger partial charge in [-0.3, -0.25) is 4.98 Å². The van der Waals surface area contributed by atoms with Crippen LogP contribution in [-0.2, 0) is 5.33 Å². The second kappa shape index (κ2) is 10.3. The van der Waals surface area contributed by atoms with Crippen molar-refractivity contribution in [3.05, 3.63) is 106 Å². The van der Waals surface area contributed by atoms with Crippen LogP contribution in [0.2, 0.25) is 6.32 Å². The minimum absolute atomic E-state index is 0.249. The van der Waals surface area contributed by atoms with Gasteiger partial charge in [0.1, 0.15) is 5.75 Å². The third-order valence-corrected chi connectivity index (χ3v) is 6.68. The number of hydrogen-bond donors (Lipinski definition) is 0. The third kappa shape index (κ3) is 5.13. The molecule has 0 aliphatic rings. The molecule has 4 rings (SSSR count). The number of hydrogen-bond acceptors (Lipinski definition) is 2. The maximum Gasteiger partial charge on any atom is 0.206 e. The van der Waals surface area contributed by atoms with Crippen LogP contribution in [-0.4, -0.2) is 23.9 Å². The molecule has 1 unspecified atom stereocenters. The Hall–Kier alpha value is -2.31. The largest absolute Gasteiger partial charge is 0.497 e. The fourth-order valence-corrected chi connectivity index (χ4v) is 4.76. The predicted octanol–water partition coefficient (Wildman–Crippen LogP) is 5.85. The lowest BCUT2D eigenvalue weighted by molar-refractivity contribution is 0.414. The van der Waals surface area contributed by atoms with Crippen LogP contribution < -0.4 is 10.5 Å². The molecule has 3 aromatic carbocycles. The van der Waals surface area contributed by atoms with Crippen LogP contribution in [0.1, 0.15) is 22.6 Å². The molecule has 0 saturated heterocycles. The van der Waals surface area contributed by atoms with E-state index in [1.807, 2.05) is 18.5 Å². The van der Waals surface area contributed by atoms with Gasteiger partial charge in [-0.2, -0.15) is 0 Å². The summed E-state index contributed by atoms with van der Waals surface area (Å²) < 4.78 is 8.75. The van der Waals surface area contributed by atoms with Crippen molar-refractivity contribution in [1.29, 1.82) is 0 Å². The Bertz CT molecular complexity index is 1140. The van der Waals surface area contributed by atoms with E-state index in [-0.39, 0.29) is 5.92 Å². The van der Waals surface area contributed by atoms with Gasteiger partial charge in [0.25, 0.3) is 0 Å². The van der Waals surface area contributed by atoms with Crippen molar-refractivity contribution >= 4 is 44.9 Å². The van der Waals surface area contributed by atoms with Crippen molar-refractivity contribution in [2.45, 2.75) is 17.6 Å². The molecule has 0 aliphatic heterocycles. The number of halogens is 2. The molecule has 1 atom stereocenters. The molecule has 156 valence electrons. The highest BCUT2D eigenvalue weighted by atomic mass is 79.9. The molecule has 0 N–H and O–H groups in total. The molecule has 4 aromatic rings. The lowest BCUT2D eigenvalue weighted by atomic mass is 9.65. The number of methoxy groups -OCH3 is 1. The number of nitrogens with zero attached hydrogens (tertiary/aromatic N) is 2. The molecule has 0 aliphatic carbocycles. The van der Waals surface area contributed by atoms with Crippen molar-refractivity contribution in [3.63, 3.8) is 0 Å². The smallest absolute Gasteiger partial charge is 0.206 e. The first-order valence-corrected chi connectivity index (χ1v) is 12.2. The first kappa shape index (κ1) is 21.9. The molecule has 0 bridgehead atoms. The first-order chi connectivity index (χ1) is 15.2. The van der Waals surface area contributed by atoms with E-state index in [4.69, 9.17) is 4.74 Å². The molecule has 0 radical (unpaired) electrons. The zero-order valence-electron chi connectivity index (χ0n) is 17.3. The number of ether oxygens (including phenoxy) is 1. The highest BCUT2D eigenvalue weighted by Crippen LogP contribution is 2.33. The van der Waals surface area contributed by atoms with Gasteiger partial charge >= 0.3 is 0 Å². The standard InChI is InChI=1S/C25H23BBr2N2O/c1-31-22-7-4-6-18(15-22)24(23-8-3-2-5-19(23)17-27)16-26-25-29-13-14-30(25)21-11-9-20(28)10-12-21/h2-15,24,26H,16-17H2,1H3. The second-order valence-corrected chi connectivity index (χ2v) is 8.87. The monoisotopic (exact) mass is 536 g/mol. The lowest BCUT2D eigenvalue weighted by Gasteiger charge is -2.21. The highest BCUT2D eigenvalue weighted by Gasteiger charge is 2.20. The Morgan fingerprint density at radius 1 is 1.03 bits per heavy atom. The number of rotatable bonds is 8. The SMILES string of the molecule is COc1cccc(C(CBc2nccn2-c2ccc(Br)cc2)c2ccccc2CBr)c1. The average molecular weight is 538 g/mol. The summed E-state index contributed by atoms with van der Waals surface area (Å²) in [5.41, 5.74) is 6.09. The molecule has 1 heterocycles. The number of alkyl halides is 1. The summed E-state index contributed by atoms with van der Waals surface area (Å²) in [5.74, 6) is 1.13. The molecular weight excluding hydrogens is 515 g/mol. The van der Waals surface area contributed by atoms with Gasteiger partial charge in [-0.25, -0.2) is 0 Å². The van der Waals surface area contributed by atoms with E-state index < -0.39 is 0 Å². The van der Waals surface area contributed by atoms with Crippen LogP contribution in [0.15, 0.2) is 89.7 Å². The fraction of sp³-hybridized carbons (Fsp3) is 0.160. The van der Waals surface area contributed by atoms with Gasteiger partial charge in [0.15, 0.2) is 0 Å². The Kier molecular flexibility index (Phi) is 7.31. The molecule has 3 nitrogen and oxygen atoms in total. The summed E-state index contributed by atoms with van der Waals surface area (Å²) in [7, 11) is 2.58. The molecule has 0 spiro atoms. The van der Waals surface area contributed by atoms with Crippen LogP contribution in [0.3, 0.4) is 0 Å². The van der Waals surface area contributed by atoms with E-state index in [9.17, 15) is 0 Å². The summed E-state index contributed by atoms with van der Waals surface area (Å²) in [5, 5.41) is 0.831. The second-order valence-electron chi connectivity index (χ2n) is 7.39. The zero-order chi connectivity index (χ0) is 21.6. The number of imidazole rings is 1. The normalized spacial score (nSPS) is 11.8. The molecule has 31 heavy (non-hydrogen) atoms. The van der Waals surface area contributed by atoms with Crippen LogP contribution in [0.4, 0.5) is 0 Å². The molecule has 0 fully saturated rings. The molecule has 0 saturated carbocycles. The summed E-state index contributed by atoms with van der Waals surface area (Å²) >= 11 is 7.19. The summed E-state index contributed by atoms with van der Waals surface area (Å²) in [6.07, 6.45) is 4.86. The quantitative estimate of drug-likeness (QED) is 0.208. The molecule has 1 aromatic heterocycles. The van der Waals surface area contributed by atoms with Crippen LogP contribution in [0.5, 0.6) is 5.75 Å². The maximum absolute atomic E-state index is 5.50.